The Bertz CT molecular complexity index is 2550. The number of fused-ring (bicyclic) bond motifs is 6. The molecule has 0 saturated heterocycles. The van der Waals surface area contributed by atoms with Crippen LogP contribution in [0.5, 0.6) is 0 Å². The first kappa shape index (κ1) is 25.5. The van der Waals surface area contributed by atoms with Gasteiger partial charge in [-0.2, -0.15) is 0 Å². The lowest BCUT2D eigenvalue weighted by Crippen LogP contribution is -2.02. The second-order valence-electron chi connectivity index (χ2n) is 11.6. The quantitative estimate of drug-likeness (QED) is 0.209. The molecule has 0 fully saturated rings. The average molecular weight is 577 g/mol. The van der Waals surface area contributed by atoms with Crippen molar-refractivity contribution in [3.63, 3.8) is 0 Å². The third-order valence-corrected chi connectivity index (χ3v) is 8.78. The molecule has 0 bridgehead atoms. The van der Waals surface area contributed by atoms with Crippen LogP contribution in [0.25, 0.3) is 77.8 Å². The Morgan fingerprint density at radius 1 is 0.422 bits per heavy atom. The van der Waals surface area contributed by atoms with Crippen LogP contribution in [0.3, 0.4) is 0 Å². The molecule has 5 aromatic carbocycles. The van der Waals surface area contributed by atoms with Crippen molar-refractivity contribution in [1.82, 2.24) is 19.1 Å². The van der Waals surface area contributed by atoms with E-state index < -0.39 is 0 Å². The summed E-state index contributed by atoms with van der Waals surface area (Å²) in [5.41, 5.74) is 10.7. The lowest BCUT2D eigenvalue weighted by molar-refractivity contribution is 1.05. The smallest absolute Gasteiger partial charge is 0.148 e. The van der Waals surface area contributed by atoms with E-state index in [1.165, 1.54) is 22.1 Å². The summed E-state index contributed by atoms with van der Waals surface area (Å²) < 4.78 is 4.51. The van der Waals surface area contributed by atoms with Gasteiger partial charge in [0.15, 0.2) is 0 Å². The largest absolute Gasteiger partial charge is 0.294 e. The number of aryl methyl sites for hydroxylation is 1. The number of rotatable bonds is 4. The molecule has 4 heterocycles. The molecule has 0 radical (unpaired) electrons. The maximum Gasteiger partial charge on any atom is 0.148 e. The maximum absolute atomic E-state index is 5.44. The molecule has 212 valence electrons. The number of nitrogens with zero attached hydrogens (tertiary/aromatic N) is 4. The molecule has 9 aromatic rings. The van der Waals surface area contributed by atoms with Crippen molar-refractivity contribution in [2.75, 3.05) is 0 Å². The van der Waals surface area contributed by atoms with Crippen molar-refractivity contribution in [2.45, 2.75) is 6.92 Å². The highest BCUT2D eigenvalue weighted by Crippen LogP contribution is 2.36. The van der Waals surface area contributed by atoms with E-state index in [0.717, 1.165) is 61.2 Å². The molecule has 4 aromatic heterocycles. The average Bonchev–Trinajstić information content (AvgIpc) is 3.61. The Labute approximate surface area is 260 Å². The van der Waals surface area contributed by atoms with Crippen LogP contribution in [-0.2, 0) is 0 Å². The van der Waals surface area contributed by atoms with Gasteiger partial charge in [0.25, 0.3) is 0 Å². The molecule has 0 unspecified atom stereocenters. The molecule has 9 rings (SSSR count). The highest BCUT2D eigenvalue weighted by molar-refractivity contribution is 6.10. The molecule has 0 spiro atoms. The topological polar surface area (TPSA) is 35.6 Å². The molecule has 0 aliphatic rings. The van der Waals surface area contributed by atoms with E-state index in [2.05, 4.69) is 168 Å². The summed E-state index contributed by atoms with van der Waals surface area (Å²) >= 11 is 0. The van der Waals surface area contributed by atoms with Gasteiger partial charge in [0.05, 0.1) is 16.7 Å². The van der Waals surface area contributed by atoms with Gasteiger partial charge in [0, 0.05) is 32.8 Å². The maximum atomic E-state index is 5.44. The van der Waals surface area contributed by atoms with Crippen molar-refractivity contribution in [2.24, 2.45) is 0 Å². The van der Waals surface area contributed by atoms with E-state index in [4.69, 9.17) is 9.97 Å². The fourth-order valence-corrected chi connectivity index (χ4v) is 6.71. The summed E-state index contributed by atoms with van der Waals surface area (Å²) in [7, 11) is 0. The second kappa shape index (κ2) is 10.0. The number of hydrogen-bond acceptors (Lipinski definition) is 2. The lowest BCUT2D eigenvalue weighted by Gasteiger charge is -2.11. The highest BCUT2D eigenvalue weighted by Gasteiger charge is 2.19. The van der Waals surface area contributed by atoms with Gasteiger partial charge in [-0.3, -0.25) is 9.13 Å². The summed E-state index contributed by atoms with van der Waals surface area (Å²) in [5, 5.41) is 4.57. The number of pyridine rings is 2. The van der Waals surface area contributed by atoms with Crippen molar-refractivity contribution in [3.05, 3.63) is 157 Å². The second-order valence-corrected chi connectivity index (χ2v) is 11.6. The first-order valence-corrected chi connectivity index (χ1v) is 15.3. The monoisotopic (exact) mass is 576 g/mol. The molecule has 0 saturated carbocycles. The molecule has 4 nitrogen and oxygen atoms in total. The van der Waals surface area contributed by atoms with Crippen LogP contribution in [0.1, 0.15) is 5.56 Å². The molecule has 0 aliphatic carbocycles. The van der Waals surface area contributed by atoms with Crippen LogP contribution in [0.4, 0.5) is 0 Å². The summed E-state index contributed by atoms with van der Waals surface area (Å²) in [6.07, 6.45) is 0. The number of benzene rings is 5. The summed E-state index contributed by atoms with van der Waals surface area (Å²) in [6, 6.07) is 53.5. The van der Waals surface area contributed by atoms with Gasteiger partial charge >= 0.3 is 0 Å². The first-order chi connectivity index (χ1) is 22.2. The molecular formula is C41H28N4. The van der Waals surface area contributed by atoms with Gasteiger partial charge in [0.2, 0.25) is 0 Å². The zero-order valence-corrected chi connectivity index (χ0v) is 24.7. The van der Waals surface area contributed by atoms with Crippen LogP contribution in [0, 0.1) is 6.92 Å². The molecular weight excluding hydrogens is 548 g/mol. The normalized spacial score (nSPS) is 11.7. The summed E-state index contributed by atoms with van der Waals surface area (Å²) in [5.74, 6) is 0.839. The van der Waals surface area contributed by atoms with Gasteiger partial charge < -0.3 is 0 Å². The van der Waals surface area contributed by atoms with E-state index >= 15 is 0 Å². The van der Waals surface area contributed by atoms with Crippen LogP contribution in [-0.4, -0.2) is 19.1 Å². The molecule has 0 atom stereocenters. The molecule has 0 aliphatic heterocycles. The number of aromatic nitrogens is 4. The Kier molecular flexibility index (Phi) is 5.69. The zero-order chi connectivity index (χ0) is 29.9. The minimum Gasteiger partial charge on any atom is -0.294 e. The SMILES string of the molecule is Cc1cccc(-c2ccc3c4ccccc4n(-c4ccc5c6ccccc6n(-c6cccc(-c7ccccc7)c6)c5n4)c3n2)c1. The van der Waals surface area contributed by atoms with Gasteiger partial charge in [-0.15, -0.1) is 0 Å². The van der Waals surface area contributed by atoms with Crippen LogP contribution < -0.4 is 0 Å². The van der Waals surface area contributed by atoms with Crippen LogP contribution >= 0.6 is 0 Å². The molecule has 0 N–H and O–H groups in total. The van der Waals surface area contributed by atoms with Crippen LogP contribution in [0.2, 0.25) is 0 Å². The fraction of sp³-hybridized carbons (Fsp3) is 0.0244. The lowest BCUT2D eigenvalue weighted by atomic mass is 10.1. The van der Waals surface area contributed by atoms with Crippen LogP contribution in [0.15, 0.2) is 152 Å². The minimum atomic E-state index is 0.839. The minimum absolute atomic E-state index is 0.839. The van der Waals surface area contributed by atoms with Gasteiger partial charge in [-0.05, 0) is 72.6 Å². The van der Waals surface area contributed by atoms with Gasteiger partial charge in [-0.25, -0.2) is 9.97 Å². The summed E-state index contributed by atoms with van der Waals surface area (Å²) in [4.78, 5) is 10.7. The predicted molar refractivity (Wildman–Crippen MR) is 186 cm³/mol. The van der Waals surface area contributed by atoms with Gasteiger partial charge in [-0.1, -0.05) is 103 Å². The van der Waals surface area contributed by atoms with E-state index in [9.17, 15) is 0 Å². The molecule has 0 amide bonds. The Morgan fingerprint density at radius 3 is 1.82 bits per heavy atom. The summed E-state index contributed by atoms with van der Waals surface area (Å²) in [6.45, 7) is 2.12. The van der Waals surface area contributed by atoms with Gasteiger partial charge in [0.1, 0.15) is 17.1 Å². The standard InChI is InChI=1S/C41H28N4/c1-27-11-9-15-30(25-27)36-23-21-34-33-18-6-8-20-38(33)45(40(34)42-36)39-24-22-35-32-17-5-7-19-37(32)44(41(35)43-39)31-16-10-14-29(26-31)28-12-3-2-4-13-28/h2-26H,1H3. The number of para-hydroxylation sites is 2. The van der Waals surface area contributed by atoms with E-state index in [1.807, 2.05) is 0 Å². The Hall–Kier alpha value is -6.00. The Morgan fingerprint density at radius 2 is 1.04 bits per heavy atom. The Balaban J connectivity index is 1.32. The van der Waals surface area contributed by atoms with E-state index in [1.54, 1.807) is 0 Å². The zero-order valence-electron chi connectivity index (χ0n) is 24.7. The fourth-order valence-electron chi connectivity index (χ4n) is 6.71. The predicted octanol–water partition coefficient (Wildman–Crippen LogP) is 10.3. The van der Waals surface area contributed by atoms with E-state index in [0.29, 0.717) is 0 Å². The molecule has 4 heteroatoms. The highest BCUT2D eigenvalue weighted by atomic mass is 15.1. The third-order valence-electron chi connectivity index (χ3n) is 8.78. The van der Waals surface area contributed by atoms with Crippen molar-refractivity contribution >= 4 is 43.9 Å². The van der Waals surface area contributed by atoms with E-state index in [-0.39, 0.29) is 0 Å². The van der Waals surface area contributed by atoms with Crippen molar-refractivity contribution in [1.29, 1.82) is 0 Å². The molecule has 45 heavy (non-hydrogen) atoms. The number of hydrogen-bond donors (Lipinski definition) is 0. The first-order valence-electron chi connectivity index (χ1n) is 15.3. The van der Waals surface area contributed by atoms with Crippen molar-refractivity contribution < 1.29 is 0 Å². The third kappa shape index (κ3) is 4.07. The van der Waals surface area contributed by atoms with Crippen molar-refractivity contribution in [3.8, 4) is 33.9 Å².